The fourth-order valence-corrected chi connectivity index (χ4v) is 2.75. The van der Waals surface area contributed by atoms with Gasteiger partial charge >= 0.3 is 0 Å². The summed E-state index contributed by atoms with van der Waals surface area (Å²) < 4.78 is 5.93. The van der Waals surface area contributed by atoms with Gasteiger partial charge in [-0.15, -0.1) is 11.8 Å². The molecular formula is C17H21NOS. The lowest BCUT2D eigenvalue weighted by Gasteiger charge is -2.19. The minimum atomic E-state index is 0.193. The van der Waals surface area contributed by atoms with Crippen LogP contribution in [0, 0.1) is 6.92 Å². The molecule has 0 atom stereocenters. The summed E-state index contributed by atoms with van der Waals surface area (Å²) in [6.45, 7) is 9.27. The number of aromatic nitrogens is 1. The van der Waals surface area contributed by atoms with Crippen molar-refractivity contribution < 1.29 is 4.74 Å². The van der Waals surface area contributed by atoms with Crippen molar-refractivity contribution in [3.63, 3.8) is 0 Å². The summed E-state index contributed by atoms with van der Waals surface area (Å²) in [6, 6.07) is 12.1. The molecule has 3 heteroatoms. The summed E-state index contributed by atoms with van der Waals surface area (Å²) >= 11 is 1.83. The van der Waals surface area contributed by atoms with E-state index in [-0.39, 0.29) is 4.75 Å². The number of ether oxygens (including phenoxy) is 1. The average molecular weight is 287 g/mol. The second-order valence-corrected chi connectivity index (χ2v) is 7.65. The predicted octanol–water partition coefficient (Wildman–Crippen LogP) is 4.86. The largest absolute Gasteiger partial charge is 0.473 e. The molecule has 1 heterocycles. The molecule has 0 aliphatic heterocycles. The topological polar surface area (TPSA) is 22.1 Å². The van der Waals surface area contributed by atoms with E-state index in [0.717, 1.165) is 5.56 Å². The molecule has 0 spiro atoms. The van der Waals surface area contributed by atoms with Gasteiger partial charge in [0.15, 0.2) is 0 Å². The Morgan fingerprint density at radius 2 is 1.85 bits per heavy atom. The van der Waals surface area contributed by atoms with Gasteiger partial charge in [-0.05, 0) is 18.1 Å². The van der Waals surface area contributed by atoms with Gasteiger partial charge in [0.1, 0.15) is 6.61 Å². The van der Waals surface area contributed by atoms with E-state index in [4.69, 9.17) is 4.74 Å². The van der Waals surface area contributed by atoms with E-state index in [2.05, 4.69) is 44.8 Å². The first-order valence-corrected chi connectivity index (χ1v) is 7.58. The summed E-state index contributed by atoms with van der Waals surface area (Å²) in [6.07, 6.45) is 1.91. The zero-order chi connectivity index (χ0) is 14.6. The van der Waals surface area contributed by atoms with Gasteiger partial charge in [-0.3, -0.25) is 0 Å². The van der Waals surface area contributed by atoms with Crippen LogP contribution in [0.25, 0.3) is 0 Å². The summed E-state index contributed by atoms with van der Waals surface area (Å²) in [5.41, 5.74) is 2.36. The molecule has 2 nitrogen and oxygen atoms in total. The summed E-state index contributed by atoms with van der Waals surface area (Å²) in [4.78, 5) is 5.61. The summed E-state index contributed by atoms with van der Waals surface area (Å²) in [5.74, 6) is 0.685. The van der Waals surface area contributed by atoms with E-state index in [1.807, 2.05) is 42.2 Å². The van der Waals surface area contributed by atoms with Crippen molar-refractivity contribution in [2.45, 2.75) is 43.9 Å². The Bertz CT molecular complexity index is 561. The van der Waals surface area contributed by atoms with Gasteiger partial charge in [0, 0.05) is 21.9 Å². The standard InChI is InChI=1S/C17H21NOS/c1-13-10-16(18-11-15(13)20-17(2,3)4)19-12-14-8-6-5-7-9-14/h5-11H,12H2,1-4H3. The zero-order valence-corrected chi connectivity index (χ0v) is 13.3. The molecule has 1 aromatic carbocycles. The SMILES string of the molecule is Cc1cc(OCc2ccccc2)ncc1SC(C)(C)C. The highest BCUT2D eigenvalue weighted by Gasteiger charge is 2.14. The fourth-order valence-electron chi connectivity index (χ4n) is 1.76. The molecule has 0 aliphatic rings. The van der Waals surface area contributed by atoms with Crippen LogP contribution in [-0.2, 0) is 6.61 Å². The van der Waals surface area contributed by atoms with Crippen molar-refractivity contribution in [1.29, 1.82) is 0 Å². The molecule has 0 fully saturated rings. The van der Waals surface area contributed by atoms with Gasteiger partial charge in [-0.25, -0.2) is 4.98 Å². The molecule has 0 unspecified atom stereocenters. The van der Waals surface area contributed by atoms with E-state index < -0.39 is 0 Å². The maximum Gasteiger partial charge on any atom is 0.213 e. The van der Waals surface area contributed by atoms with Gasteiger partial charge in [0.05, 0.1) is 0 Å². The van der Waals surface area contributed by atoms with Gasteiger partial charge in [-0.2, -0.15) is 0 Å². The highest BCUT2D eigenvalue weighted by molar-refractivity contribution is 8.00. The Balaban J connectivity index is 2.02. The van der Waals surface area contributed by atoms with Crippen molar-refractivity contribution in [1.82, 2.24) is 4.98 Å². The van der Waals surface area contributed by atoms with Gasteiger partial charge < -0.3 is 4.74 Å². The molecule has 0 N–H and O–H groups in total. The molecule has 0 aliphatic carbocycles. The number of aryl methyl sites for hydroxylation is 1. The van der Waals surface area contributed by atoms with Crippen LogP contribution in [0.4, 0.5) is 0 Å². The van der Waals surface area contributed by atoms with E-state index in [1.165, 1.54) is 10.5 Å². The second kappa shape index (κ2) is 6.31. The van der Waals surface area contributed by atoms with E-state index in [0.29, 0.717) is 12.5 Å². The quantitative estimate of drug-likeness (QED) is 0.750. The molecule has 2 aromatic rings. The first kappa shape index (κ1) is 14.9. The van der Waals surface area contributed by atoms with Crippen molar-refractivity contribution in [2.75, 3.05) is 0 Å². The molecule has 20 heavy (non-hydrogen) atoms. The van der Waals surface area contributed by atoms with Crippen LogP contribution in [0.3, 0.4) is 0 Å². The Morgan fingerprint density at radius 3 is 2.45 bits per heavy atom. The first-order valence-electron chi connectivity index (χ1n) is 6.76. The van der Waals surface area contributed by atoms with Crippen LogP contribution >= 0.6 is 11.8 Å². The van der Waals surface area contributed by atoms with Crippen molar-refractivity contribution >= 4 is 11.8 Å². The van der Waals surface area contributed by atoms with E-state index in [1.54, 1.807) is 0 Å². The fraction of sp³-hybridized carbons (Fsp3) is 0.353. The molecule has 0 bridgehead atoms. The molecule has 1 aromatic heterocycles. The average Bonchev–Trinajstić information content (AvgIpc) is 2.39. The highest BCUT2D eigenvalue weighted by atomic mass is 32.2. The van der Waals surface area contributed by atoms with Gasteiger partial charge in [-0.1, -0.05) is 51.1 Å². The molecule has 106 valence electrons. The zero-order valence-electron chi connectivity index (χ0n) is 12.5. The third-order valence-corrected chi connectivity index (χ3v) is 3.94. The predicted molar refractivity (Wildman–Crippen MR) is 85.4 cm³/mol. The smallest absolute Gasteiger partial charge is 0.213 e. The first-order chi connectivity index (χ1) is 9.44. The van der Waals surface area contributed by atoms with Crippen molar-refractivity contribution in [2.24, 2.45) is 0 Å². The minimum Gasteiger partial charge on any atom is -0.473 e. The van der Waals surface area contributed by atoms with Crippen molar-refractivity contribution in [3.8, 4) is 5.88 Å². The molecule has 0 saturated heterocycles. The molecule has 2 rings (SSSR count). The Labute approximate surface area is 125 Å². The van der Waals surface area contributed by atoms with Gasteiger partial charge in [0.2, 0.25) is 5.88 Å². The number of hydrogen-bond acceptors (Lipinski definition) is 3. The number of hydrogen-bond donors (Lipinski definition) is 0. The van der Waals surface area contributed by atoms with Crippen LogP contribution in [0.2, 0.25) is 0 Å². The molecular weight excluding hydrogens is 266 g/mol. The van der Waals surface area contributed by atoms with Crippen LogP contribution in [0.5, 0.6) is 5.88 Å². The summed E-state index contributed by atoms with van der Waals surface area (Å²) in [7, 11) is 0. The highest BCUT2D eigenvalue weighted by Crippen LogP contribution is 2.34. The third-order valence-electron chi connectivity index (χ3n) is 2.68. The van der Waals surface area contributed by atoms with Crippen molar-refractivity contribution in [3.05, 3.63) is 53.7 Å². The van der Waals surface area contributed by atoms with E-state index in [9.17, 15) is 0 Å². The maximum absolute atomic E-state index is 5.74. The molecule has 0 saturated carbocycles. The molecule has 0 radical (unpaired) electrons. The second-order valence-electron chi connectivity index (χ2n) is 5.78. The van der Waals surface area contributed by atoms with E-state index >= 15 is 0 Å². The lowest BCUT2D eigenvalue weighted by atomic mass is 10.2. The monoisotopic (exact) mass is 287 g/mol. The van der Waals surface area contributed by atoms with Crippen LogP contribution in [0.15, 0.2) is 47.5 Å². The number of thioether (sulfide) groups is 1. The Hall–Kier alpha value is -1.48. The lowest BCUT2D eigenvalue weighted by molar-refractivity contribution is 0.293. The number of nitrogens with zero attached hydrogens (tertiary/aromatic N) is 1. The molecule has 0 amide bonds. The number of rotatable bonds is 4. The third kappa shape index (κ3) is 4.57. The minimum absolute atomic E-state index is 0.193. The number of benzene rings is 1. The van der Waals surface area contributed by atoms with Crippen LogP contribution in [-0.4, -0.2) is 9.73 Å². The van der Waals surface area contributed by atoms with Crippen LogP contribution in [0.1, 0.15) is 31.9 Å². The van der Waals surface area contributed by atoms with Gasteiger partial charge in [0.25, 0.3) is 0 Å². The van der Waals surface area contributed by atoms with Crippen LogP contribution < -0.4 is 4.74 Å². The Kier molecular flexibility index (Phi) is 4.71. The Morgan fingerprint density at radius 1 is 1.15 bits per heavy atom. The lowest BCUT2D eigenvalue weighted by Crippen LogP contribution is -2.07. The summed E-state index contributed by atoms with van der Waals surface area (Å²) in [5, 5.41) is 0. The normalized spacial score (nSPS) is 11.4. The number of pyridine rings is 1. The maximum atomic E-state index is 5.74.